The SMILES string of the molecule is COC(=O)[C@]12C[C@H](O)CC[C@@H]1CC[C@H]1[C@@H]3CC[C@H]([C@H](C)CCCC(C)C)[C@@]3(C)CC[C@@H]12. The lowest BCUT2D eigenvalue weighted by molar-refractivity contribution is -0.189. The first-order valence-electron chi connectivity index (χ1n) is 13.5. The van der Waals surface area contributed by atoms with Gasteiger partial charge in [0.1, 0.15) is 0 Å². The number of carbonyl (C=O) groups excluding carboxylic acids is 1. The fourth-order valence-electron chi connectivity index (χ4n) is 9.50. The van der Waals surface area contributed by atoms with Crippen molar-refractivity contribution in [2.24, 2.45) is 52.3 Å². The van der Waals surface area contributed by atoms with Crippen LogP contribution in [-0.2, 0) is 9.53 Å². The summed E-state index contributed by atoms with van der Waals surface area (Å²) in [6.45, 7) is 9.81. The van der Waals surface area contributed by atoms with E-state index in [4.69, 9.17) is 4.74 Å². The summed E-state index contributed by atoms with van der Waals surface area (Å²) in [4.78, 5) is 13.3. The molecule has 0 bridgehead atoms. The number of rotatable bonds is 6. The topological polar surface area (TPSA) is 46.5 Å². The van der Waals surface area contributed by atoms with Gasteiger partial charge in [0.15, 0.2) is 0 Å². The van der Waals surface area contributed by atoms with Crippen LogP contribution in [0.1, 0.15) is 105 Å². The number of methoxy groups -OCH3 is 1. The molecule has 178 valence electrons. The number of aliphatic hydroxyl groups excluding tert-OH is 1. The second-order valence-corrected chi connectivity index (χ2v) is 12.6. The van der Waals surface area contributed by atoms with E-state index in [-0.39, 0.29) is 12.1 Å². The molecular weight excluding hydrogens is 384 g/mol. The van der Waals surface area contributed by atoms with Gasteiger partial charge in [-0.2, -0.15) is 0 Å². The number of carbonyl (C=O) groups is 1. The van der Waals surface area contributed by atoms with Crippen LogP contribution in [0.2, 0.25) is 0 Å². The van der Waals surface area contributed by atoms with E-state index in [0.29, 0.717) is 29.6 Å². The molecule has 4 aliphatic carbocycles. The molecule has 4 saturated carbocycles. The van der Waals surface area contributed by atoms with Crippen molar-refractivity contribution in [3.63, 3.8) is 0 Å². The van der Waals surface area contributed by atoms with Crippen molar-refractivity contribution in [2.75, 3.05) is 7.11 Å². The van der Waals surface area contributed by atoms with E-state index < -0.39 is 5.41 Å². The molecule has 0 amide bonds. The summed E-state index contributed by atoms with van der Waals surface area (Å²) in [5.74, 6) is 4.69. The van der Waals surface area contributed by atoms with Crippen LogP contribution in [0.3, 0.4) is 0 Å². The molecule has 0 aliphatic heterocycles. The van der Waals surface area contributed by atoms with Crippen molar-refractivity contribution in [2.45, 2.75) is 111 Å². The van der Waals surface area contributed by atoms with E-state index in [1.165, 1.54) is 44.9 Å². The maximum Gasteiger partial charge on any atom is 0.312 e. The molecule has 0 aromatic heterocycles. The molecule has 0 aromatic rings. The van der Waals surface area contributed by atoms with E-state index in [1.807, 2.05) is 0 Å². The predicted octanol–water partition coefficient (Wildman–Crippen LogP) is 6.62. The fourth-order valence-corrected chi connectivity index (χ4v) is 9.50. The third-order valence-corrected chi connectivity index (χ3v) is 10.9. The van der Waals surface area contributed by atoms with E-state index in [9.17, 15) is 9.90 Å². The Labute approximate surface area is 191 Å². The Bertz CT molecular complexity index is 644. The number of ether oxygens (including phenoxy) is 1. The first kappa shape index (κ1) is 23.6. The Morgan fingerprint density at radius 3 is 2.45 bits per heavy atom. The zero-order chi connectivity index (χ0) is 22.4. The summed E-state index contributed by atoms with van der Waals surface area (Å²) in [6.07, 6.45) is 13.9. The normalized spacial score (nSPS) is 45.5. The molecule has 0 saturated heterocycles. The third kappa shape index (κ3) is 3.89. The Kier molecular flexibility index (Phi) is 6.84. The van der Waals surface area contributed by atoms with E-state index in [1.54, 1.807) is 7.11 Å². The summed E-state index contributed by atoms with van der Waals surface area (Å²) in [6, 6.07) is 0. The summed E-state index contributed by atoms with van der Waals surface area (Å²) in [5, 5.41) is 10.6. The molecule has 4 rings (SSSR count). The standard InChI is InChI=1S/C28H48O3/c1-18(2)7-6-8-19(3)23-13-14-24-22-12-10-20-9-11-21(29)17-28(20,26(30)31-5)25(22)15-16-27(23,24)4/h18-25,29H,6-17H2,1-5H3/t19-,20-,21-,22+,23-,24+,25+,27-,28-/m1/s1. The fraction of sp³-hybridized carbons (Fsp3) is 0.964. The van der Waals surface area contributed by atoms with Crippen molar-refractivity contribution in [3.05, 3.63) is 0 Å². The maximum absolute atomic E-state index is 13.3. The van der Waals surface area contributed by atoms with E-state index in [2.05, 4.69) is 27.7 Å². The zero-order valence-electron chi connectivity index (χ0n) is 20.9. The minimum Gasteiger partial charge on any atom is -0.469 e. The number of hydrogen-bond donors (Lipinski definition) is 1. The van der Waals surface area contributed by atoms with Crippen LogP contribution in [-0.4, -0.2) is 24.3 Å². The van der Waals surface area contributed by atoms with Gasteiger partial charge >= 0.3 is 5.97 Å². The van der Waals surface area contributed by atoms with Crippen molar-refractivity contribution in [1.29, 1.82) is 0 Å². The lowest BCUT2D eigenvalue weighted by Gasteiger charge is -2.60. The zero-order valence-corrected chi connectivity index (χ0v) is 20.9. The van der Waals surface area contributed by atoms with Gasteiger partial charge in [-0.1, -0.05) is 47.0 Å². The maximum atomic E-state index is 13.3. The van der Waals surface area contributed by atoms with Gasteiger partial charge in [-0.25, -0.2) is 0 Å². The molecule has 3 nitrogen and oxygen atoms in total. The average molecular weight is 433 g/mol. The Morgan fingerprint density at radius 2 is 1.74 bits per heavy atom. The van der Waals surface area contributed by atoms with Crippen LogP contribution in [0.15, 0.2) is 0 Å². The highest BCUT2D eigenvalue weighted by Crippen LogP contribution is 2.68. The monoisotopic (exact) mass is 432 g/mol. The summed E-state index contributed by atoms with van der Waals surface area (Å²) in [7, 11) is 1.57. The lowest BCUT2D eigenvalue weighted by Crippen LogP contribution is -2.59. The lowest BCUT2D eigenvalue weighted by atomic mass is 9.43. The van der Waals surface area contributed by atoms with Gasteiger partial charge < -0.3 is 9.84 Å². The van der Waals surface area contributed by atoms with Gasteiger partial charge in [0, 0.05) is 0 Å². The highest BCUT2D eigenvalue weighted by Gasteiger charge is 2.65. The Balaban J connectivity index is 1.55. The summed E-state index contributed by atoms with van der Waals surface area (Å²) in [5.41, 5.74) is 0.0213. The van der Waals surface area contributed by atoms with Gasteiger partial charge in [-0.05, 0) is 105 Å². The van der Waals surface area contributed by atoms with E-state index >= 15 is 0 Å². The molecule has 0 unspecified atom stereocenters. The van der Waals surface area contributed by atoms with Gasteiger partial charge in [-0.15, -0.1) is 0 Å². The molecule has 0 heterocycles. The second-order valence-electron chi connectivity index (χ2n) is 12.6. The summed E-state index contributed by atoms with van der Waals surface area (Å²) >= 11 is 0. The molecule has 4 aliphatic rings. The van der Waals surface area contributed by atoms with Gasteiger partial charge in [-0.3, -0.25) is 4.79 Å². The number of fused-ring (bicyclic) bond motifs is 5. The minimum atomic E-state index is -0.419. The predicted molar refractivity (Wildman–Crippen MR) is 125 cm³/mol. The van der Waals surface area contributed by atoms with Gasteiger partial charge in [0.25, 0.3) is 0 Å². The second kappa shape index (κ2) is 8.99. The molecule has 0 aromatic carbocycles. The quantitative estimate of drug-likeness (QED) is 0.480. The van der Waals surface area contributed by atoms with Gasteiger partial charge in [0.2, 0.25) is 0 Å². The van der Waals surface area contributed by atoms with Gasteiger partial charge in [0.05, 0.1) is 18.6 Å². The molecule has 3 heteroatoms. The highest BCUT2D eigenvalue weighted by molar-refractivity contribution is 5.78. The Hall–Kier alpha value is -0.570. The first-order valence-corrected chi connectivity index (χ1v) is 13.5. The van der Waals surface area contributed by atoms with Crippen LogP contribution >= 0.6 is 0 Å². The summed E-state index contributed by atoms with van der Waals surface area (Å²) < 4.78 is 5.46. The van der Waals surface area contributed by atoms with Crippen LogP contribution in [0.4, 0.5) is 0 Å². The molecule has 4 fully saturated rings. The smallest absolute Gasteiger partial charge is 0.312 e. The minimum absolute atomic E-state index is 0.00819. The van der Waals surface area contributed by atoms with Crippen LogP contribution in [0, 0.1) is 52.3 Å². The van der Waals surface area contributed by atoms with Crippen LogP contribution in [0.25, 0.3) is 0 Å². The highest BCUT2D eigenvalue weighted by atomic mass is 16.5. The first-order chi connectivity index (χ1) is 14.7. The molecule has 1 N–H and O–H groups in total. The molecule has 0 radical (unpaired) electrons. The third-order valence-electron chi connectivity index (χ3n) is 10.9. The van der Waals surface area contributed by atoms with Crippen molar-refractivity contribution >= 4 is 5.97 Å². The Morgan fingerprint density at radius 1 is 1.00 bits per heavy atom. The van der Waals surface area contributed by atoms with Crippen molar-refractivity contribution in [1.82, 2.24) is 0 Å². The average Bonchev–Trinajstić information content (AvgIpc) is 3.09. The molecule has 9 atom stereocenters. The van der Waals surface area contributed by atoms with Crippen molar-refractivity contribution in [3.8, 4) is 0 Å². The van der Waals surface area contributed by atoms with Crippen LogP contribution in [0.5, 0.6) is 0 Å². The van der Waals surface area contributed by atoms with Crippen LogP contribution < -0.4 is 0 Å². The molecular formula is C28H48O3. The number of esters is 1. The number of aliphatic hydroxyl groups is 1. The molecule has 0 spiro atoms. The van der Waals surface area contributed by atoms with E-state index in [0.717, 1.165) is 49.4 Å². The van der Waals surface area contributed by atoms with Crippen molar-refractivity contribution < 1.29 is 14.6 Å². The number of hydrogen-bond acceptors (Lipinski definition) is 3. The molecule has 31 heavy (non-hydrogen) atoms. The largest absolute Gasteiger partial charge is 0.469 e.